The third-order valence-electron chi connectivity index (χ3n) is 3.15. The van der Waals surface area contributed by atoms with Crippen LogP contribution in [0.4, 0.5) is 0 Å². The Morgan fingerprint density at radius 2 is 2.47 bits per heavy atom. The van der Waals surface area contributed by atoms with Crippen molar-refractivity contribution in [2.75, 3.05) is 11.5 Å². The summed E-state index contributed by atoms with van der Waals surface area (Å²) in [6, 6.07) is -0.00576. The van der Waals surface area contributed by atoms with E-state index in [4.69, 9.17) is 5.84 Å². The molecule has 0 aromatic carbocycles. The maximum atomic E-state index is 11.4. The van der Waals surface area contributed by atoms with Gasteiger partial charge in [0.15, 0.2) is 9.84 Å². The van der Waals surface area contributed by atoms with Crippen molar-refractivity contribution in [3.05, 3.63) is 16.1 Å². The van der Waals surface area contributed by atoms with E-state index in [-0.39, 0.29) is 23.5 Å². The second kappa shape index (κ2) is 5.01. The van der Waals surface area contributed by atoms with Crippen LogP contribution in [0.2, 0.25) is 0 Å². The van der Waals surface area contributed by atoms with Crippen LogP contribution in [0.25, 0.3) is 0 Å². The standard InChI is InChI=1S/C10H17N3O2S2/c1-7-12-9(5-16-7)4-10(13-11)8-2-3-17(14,15)6-8/h5,8,10,13H,2-4,6,11H2,1H3. The van der Waals surface area contributed by atoms with Gasteiger partial charge in [0.1, 0.15) is 0 Å². The van der Waals surface area contributed by atoms with Crippen LogP contribution in [0.1, 0.15) is 17.1 Å². The second-order valence-corrected chi connectivity index (χ2v) is 7.79. The molecule has 0 bridgehead atoms. The van der Waals surface area contributed by atoms with Crippen molar-refractivity contribution in [2.45, 2.75) is 25.8 Å². The van der Waals surface area contributed by atoms with Crippen LogP contribution in [-0.2, 0) is 16.3 Å². The Balaban J connectivity index is 2.02. The number of hydrazine groups is 1. The van der Waals surface area contributed by atoms with Crippen LogP contribution in [0.3, 0.4) is 0 Å². The van der Waals surface area contributed by atoms with E-state index < -0.39 is 9.84 Å². The second-order valence-electron chi connectivity index (χ2n) is 4.50. The van der Waals surface area contributed by atoms with E-state index in [1.165, 1.54) is 0 Å². The zero-order valence-corrected chi connectivity index (χ0v) is 11.4. The first-order chi connectivity index (χ1) is 8.00. The molecule has 0 aliphatic carbocycles. The Bertz CT molecular complexity index is 483. The number of nitrogens with zero attached hydrogens (tertiary/aromatic N) is 1. The van der Waals surface area contributed by atoms with E-state index in [0.717, 1.165) is 10.7 Å². The van der Waals surface area contributed by atoms with Gasteiger partial charge in [-0.25, -0.2) is 13.4 Å². The Labute approximate surface area is 105 Å². The SMILES string of the molecule is Cc1nc(CC(NN)C2CCS(=O)(=O)C2)cs1. The minimum atomic E-state index is -2.85. The average Bonchev–Trinajstić information content (AvgIpc) is 2.81. The highest BCUT2D eigenvalue weighted by atomic mass is 32.2. The summed E-state index contributed by atoms with van der Waals surface area (Å²) in [4.78, 5) is 4.38. The Morgan fingerprint density at radius 3 is 2.94 bits per heavy atom. The predicted octanol–water partition coefficient (Wildman–Crippen LogP) is 0.261. The molecule has 1 saturated heterocycles. The summed E-state index contributed by atoms with van der Waals surface area (Å²) in [5.41, 5.74) is 3.73. The van der Waals surface area contributed by atoms with Crippen LogP contribution in [0.5, 0.6) is 0 Å². The molecule has 1 aromatic heterocycles. The van der Waals surface area contributed by atoms with Gasteiger partial charge in [-0.05, 0) is 19.3 Å². The van der Waals surface area contributed by atoms with Gasteiger partial charge in [-0.2, -0.15) is 0 Å². The Morgan fingerprint density at radius 1 is 1.71 bits per heavy atom. The molecule has 2 rings (SSSR count). The van der Waals surface area contributed by atoms with Crippen LogP contribution >= 0.6 is 11.3 Å². The molecule has 17 heavy (non-hydrogen) atoms. The van der Waals surface area contributed by atoms with Crippen LogP contribution in [0, 0.1) is 12.8 Å². The summed E-state index contributed by atoms with van der Waals surface area (Å²) in [5, 5.41) is 3.03. The van der Waals surface area contributed by atoms with Crippen molar-refractivity contribution >= 4 is 21.2 Å². The molecule has 1 aromatic rings. The van der Waals surface area contributed by atoms with Gasteiger partial charge in [-0.1, -0.05) is 0 Å². The number of rotatable bonds is 4. The highest BCUT2D eigenvalue weighted by molar-refractivity contribution is 7.91. The largest absolute Gasteiger partial charge is 0.271 e. The van der Waals surface area contributed by atoms with E-state index in [0.29, 0.717) is 12.8 Å². The molecule has 0 spiro atoms. The quantitative estimate of drug-likeness (QED) is 0.608. The first kappa shape index (κ1) is 12.9. The molecule has 3 N–H and O–H groups in total. The number of aromatic nitrogens is 1. The first-order valence-corrected chi connectivity index (χ1v) is 8.28. The predicted molar refractivity (Wildman–Crippen MR) is 68.4 cm³/mol. The maximum absolute atomic E-state index is 11.4. The zero-order chi connectivity index (χ0) is 12.5. The maximum Gasteiger partial charge on any atom is 0.150 e. The molecule has 2 heterocycles. The summed E-state index contributed by atoms with van der Waals surface area (Å²) < 4.78 is 22.9. The van der Waals surface area contributed by atoms with Crippen LogP contribution in [-0.4, -0.2) is 30.9 Å². The molecule has 0 saturated carbocycles. The molecule has 5 nitrogen and oxygen atoms in total. The number of nitrogens with two attached hydrogens (primary N) is 1. The van der Waals surface area contributed by atoms with Gasteiger partial charge >= 0.3 is 0 Å². The fourth-order valence-corrected chi connectivity index (χ4v) is 4.74. The summed E-state index contributed by atoms with van der Waals surface area (Å²) in [7, 11) is -2.85. The lowest BCUT2D eigenvalue weighted by molar-refractivity contribution is 0.383. The lowest BCUT2D eigenvalue weighted by Crippen LogP contribution is -2.43. The Hall–Kier alpha value is -0.500. The first-order valence-electron chi connectivity index (χ1n) is 5.58. The molecule has 96 valence electrons. The van der Waals surface area contributed by atoms with Gasteiger partial charge in [0.25, 0.3) is 0 Å². The monoisotopic (exact) mass is 275 g/mol. The van der Waals surface area contributed by atoms with Crippen molar-refractivity contribution in [2.24, 2.45) is 11.8 Å². The number of nitrogens with one attached hydrogen (secondary N) is 1. The van der Waals surface area contributed by atoms with Gasteiger partial charge in [0, 0.05) is 17.8 Å². The van der Waals surface area contributed by atoms with Crippen molar-refractivity contribution < 1.29 is 8.42 Å². The summed E-state index contributed by atoms with van der Waals surface area (Å²) in [6.07, 6.45) is 1.39. The van der Waals surface area contributed by atoms with Gasteiger partial charge < -0.3 is 0 Å². The van der Waals surface area contributed by atoms with Gasteiger partial charge in [-0.15, -0.1) is 11.3 Å². The third kappa shape index (κ3) is 3.25. The Kier molecular flexibility index (Phi) is 3.82. The zero-order valence-electron chi connectivity index (χ0n) is 9.72. The molecular formula is C10H17N3O2S2. The van der Waals surface area contributed by atoms with Crippen molar-refractivity contribution in [1.82, 2.24) is 10.4 Å². The van der Waals surface area contributed by atoms with E-state index in [9.17, 15) is 8.42 Å². The number of hydrogen-bond acceptors (Lipinski definition) is 6. The molecule has 7 heteroatoms. The number of hydrogen-bond donors (Lipinski definition) is 2. The minimum Gasteiger partial charge on any atom is -0.271 e. The molecule has 2 atom stereocenters. The smallest absolute Gasteiger partial charge is 0.150 e. The van der Waals surface area contributed by atoms with Crippen molar-refractivity contribution in [3.8, 4) is 0 Å². The normalized spacial score (nSPS) is 24.9. The van der Waals surface area contributed by atoms with Crippen LogP contribution < -0.4 is 11.3 Å². The lowest BCUT2D eigenvalue weighted by atomic mass is 9.96. The van der Waals surface area contributed by atoms with E-state index in [2.05, 4.69) is 10.4 Å². The number of aryl methyl sites for hydroxylation is 1. The molecule has 0 radical (unpaired) electrons. The highest BCUT2D eigenvalue weighted by Gasteiger charge is 2.33. The summed E-state index contributed by atoms with van der Waals surface area (Å²) in [6.45, 7) is 1.96. The average molecular weight is 275 g/mol. The summed E-state index contributed by atoms with van der Waals surface area (Å²) >= 11 is 1.60. The molecule has 1 aliphatic rings. The van der Waals surface area contributed by atoms with E-state index in [1.807, 2.05) is 12.3 Å². The molecule has 2 unspecified atom stereocenters. The number of sulfone groups is 1. The fourth-order valence-electron chi connectivity index (χ4n) is 2.23. The molecule has 0 amide bonds. The molecule has 1 aliphatic heterocycles. The topological polar surface area (TPSA) is 85.1 Å². The van der Waals surface area contributed by atoms with Gasteiger partial charge in [-0.3, -0.25) is 11.3 Å². The molecular weight excluding hydrogens is 258 g/mol. The van der Waals surface area contributed by atoms with Crippen LogP contribution in [0.15, 0.2) is 5.38 Å². The van der Waals surface area contributed by atoms with E-state index in [1.54, 1.807) is 11.3 Å². The fraction of sp³-hybridized carbons (Fsp3) is 0.700. The van der Waals surface area contributed by atoms with Crippen molar-refractivity contribution in [1.29, 1.82) is 0 Å². The van der Waals surface area contributed by atoms with Crippen molar-refractivity contribution in [3.63, 3.8) is 0 Å². The number of thiazole rings is 1. The highest BCUT2D eigenvalue weighted by Crippen LogP contribution is 2.24. The van der Waals surface area contributed by atoms with Gasteiger partial charge in [0.2, 0.25) is 0 Å². The van der Waals surface area contributed by atoms with Gasteiger partial charge in [0.05, 0.1) is 22.2 Å². The third-order valence-corrected chi connectivity index (χ3v) is 5.76. The minimum absolute atomic E-state index is 0.00576. The molecule has 1 fully saturated rings. The summed E-state index contributed by atoms with van der Waals surface area (Å²) in [5.74, 6) is 6.16. The lowest BCUT2D eigenvalue weighted by Gasteiger charge is -2.20. The van der Waals surface area contributed by atoms with E-state index >= 15 is 0 Å².